The Morgan fingerprint density at radius 3 is 2.90 bits per heavy atom. The van der Waals surface area contributed by atoms with Gasteiger partial charge in [-0.15, -0.1) is 11.8 Å². The van der Waals surface area contributed by atoms with Crippen LogP contribution in [0.15, 0.2) is 34.3 Å². The third kappa shape index (κ3) is 3.67. The summed E-state index contributed by atoms with van der Waals surface area (Å²) in [5, 5.41) is 4.14. The number of nitrogens with one attached hydrogen (secondary N) is 1. The molecule has 0 bridgehead atoms. The van der Waals surface area contributed by atoms with Gasteiger partial charge in [-0.3, -0.25) is 4.79 Å². The summed E-state index contributed by atoms with van der Waals surface area (Å²) >= 11 is 1.66. The van der Waals surface area contributed by atoms with Gasteiger partial charge < -0.3 is 4.74 Å². The molecule has 0 saturated carbocycles. The number of nitrogens with zero attached hydrogens (tertiary/aromatic N) is 1. The van der Waals surface area contributed by atoms with Gasteiger partial charge in [0.25, 0.3) is 0 Å². The van der Waals surface area contributed by atoms with Crippen molar-refractivity contribution >= 4 is 29.0 Å². The zero-order chi connectivity index (χ0) is 15.4. The highest BCUT2D eigenvalue weighted by Crippen LogP contribution is 2.30. The highest BCUT2D eigenvalue weighted by atomic mass is 32.2. The van der Waals surface area contributed by atoms with E-state index in [1.165, 1.54) is 0 Å². The Kier molecular flexibility index (Phi) is 5.07. The molecule has 1 aromatic carbocycles. The summed E-state index contributed by atoms with van der Waals surface area (Å²) in [4.78, 5) is 12.4. The van der Waals surface area contributed by atoms with Gasteiger partial charge in [-0.1, -0.05) is 13.0 Å². The Morgan fingerprint density at radius 1 is 1.52 bits per heavy atom. The molecule has 1 amide bonds. The Hall–Kier alpha value is -1.75. The van der Waals surface area contributed by atoms with Gasteiger partial charge in [0, 0.05) is 17.2 Å². The van der Waals surface area contributed by atoms with Gasteiger partial charge in [0.1, 0.15) is 5.75 Å². The minimum absolute atomic E-state index is 0.0247. The zero-order valence-corrected chi connectivity index (χ0v) is 13.6. The zero-order valence-electron chi connectivity index (χ0n) is 12.8. The SMILES string of the molecule is COc1cc(C(C)=CC2=NNC(=O)CC2C)ccc1SC. The van der Waals surface area contributed by atoms with E-state index in [1.54, 1.807) is 18.9 Å². The van der Waals surface area contributed by atoms with Gasteiger partial charge in [-0.2, -0.15) is 5.10 Å². The third-order valence-corrected chi connectivity index (χ3v) is 4.29. The van der Waals surface area contributed by atoms with Crippen LogP contribution in [0.3, 0.4) is 0 Å². The minimum atomic E-state index is -0.0247. The summed E-state index contributed by atoms with van der Waals surface area (Å²) in [5.41, 5.74) is 5.63. The molecule has 0 aromatic heterocycles. The fourth-order valence-electron chi connectivity index (χ4n) is 2.23. The summed E-state index contributed by atoms with van der Waals surface area (Å²) in [7, 11) is 1.68. The topological polar surface area (TPSA) is 50.7 Å². The summed E-state index contributed by atoms with van der Waals surface area (Å²) in [6.07, 6.45) is 4.54. The molecule has 2 rings (SSSR count). The third-order valence-electron chi connectivity index (χ3n) is 3.51. The number of hydrazone groups is 1. The monoisotopic (exact) mass is 304 g/mol. The lowest BCUT2D eigenvalue weighted by Gasteiger charge is -2.17. The van der Waals surface area contributed by atoms with Crippen LogP contribution in [0, 0.1) is 5.92 Å². The molecule has 1 N–H and O–H groups in total. The summed E-state index contributed by atoms with van der Waals surface area (Å²) < 4.78 is 5.42. The fourth-order valence-corrected chi connectivity index (χ4v) is 2.77. The molecular weight excluding hydrogens is 284 g/mol. The predicted octanol–water partition coefficient (Wildman–Crippen LogP) is 3.33. The summed E-state index contributed by atoms with van der Waals surface area (Å²) in [5.74, 6) is 0.990. The smallest absolute Gasteiger partial charge is 0.240 e. The summed E-state index contributed by atoms with van der Waals surface area (Å²) in [6.45, 7) is 4.05. The number of allylic oxidation sites excluding steroid dienone is 2. The Labute approximate surface area is 129 Å². The largest absolute Gasteiger partial charge is 0.496 e. The van der Waals surface area contributed by atoms with Crippen LogP contribution >= 0.6 is 11.8 Å². The molecule has 1 aliphatic heterocycles. The van der Waals surface area contributed by atoms with E-state index in [9.17, 15) is 4.79 Å². The van der Waals surface area contributed by atoms with Crippen LogP contribution < -0.4 is 10.2 Å². The van der Waals surface area contributed by atoms with E-state index in [4.69, 9.17) is 4.74 Å². The van der Waals surface area contributed by atoms with Crippen molar-refractivity contribution in [3.05, 3.63) is 29.8 Å². The van der Waals surface area contributed by atoms with Gasteiger partial charge in [-0.05, 0) is 42.5 Å². The van der Waals surface area contributed by atoms with E-state index < -0.39 is 0 Å². The van der Waals surface area contributed by atoms with Gasteiger partial charge in [0.05, 0.1) is 12.8 Å². The van der Waals surface area contributed by atoms with Gasteiger partial charge in [0.15, 0.2) is 0 Å². The molecule has 4 nitrogen and oxygen atoms in total. The van der Waals surface area contributed by atoms with Crippen molar-refractivity contribution in [1.29, 1.82) is 0 Å². The maximum Gasteiger partial charge on any atom is 0.240 e. The fraction of sp³-hybridized carbons (Fsp3) is 0.375. The van der Waals surface area contributed by atoms with Gasteiger partial charge in [-0.25, -0.2) is 5.43 Å². The van der Waals surface area contributed by atoms with Crippen molar-refractivity contribution in [3.8, 4) is 5.75 Å². The molecule has 1 heterocycles. The molecule has 0 saturated heterocycles. The number of methoxy groups -OCH3 is 1. The van der Waals surface area contributed by atoms with Crippen LogP contribution in [0.2, 0.25) is 0 Å². The molecule has 1 atom stereocenters. The van der Waals surface area contributed by atoms with Crippen LogP contribution in [0.4, 0.5) is 0 Å². The minimum Gasteiger partial charge on any atom is -0.496 e. The number of amides is 1. The number of rotatable bonds is 4. The quantitative estimate of drug-likeness (QED) is 0.868. The Balaban J connectivity index is 2.29. The predicted molar refractivity (Wildman–Crippen MR) is 87.8 cm³/mol. The Morgan fingerprint density at radius 2 is 2.29 bits per heavy atom. The molecule has 21 heavy (non-hydrogen) atoms. The van der Waals surface area contributed by atoms with Crippen LogP contribution in [0.5, 0.6) is 5.75 Å². The molecule has 112 valence electrons. The van der Waals surface area contributed by atoms with E-state index in [0.29, 0.717) is 6.42 Å². The highest BCUT2D eigenvalue weighted by molar-refractivity contribution is 7.98. The molecular formula is C16H20N2O2S. The number of carbonyl (C=O) groups is 1. The second kappa shape index (κ2) is 6.80. The average Bonchev–Trinajstić information content (AvgIpc) is 2.49. The number of thioether (sulfide) groups is 1. The van der Waals surface area contributed by atoms with Gasteiger partial charge in [0.2, 0.25) is 5.91 Å². The lowest BCUT2D eigenvalue weighted by atomic mass is 9.96. The lowest BCUT2D eigenvalue weighted by Crippen LogP contribution is -2.30. The van der Waals surface area contributed by atoms with Crippen LogP contribution in [-0.4, -0.2) is 25.0 Å². The van der Waals surface area contributed by atoms with Crippen LogP contribution in [-0.2, 0) is 4.79 Å². The van der Waals surface area contributed by atoms with E-state index in [2.05, 4.69) is 22.7 Å². The number of hydrogen-bond donors (Lipinski definition) is 1. The molecule has 1 aromatic rings. The molecule has 1 aliphatic rings. The normalized spacial score (nSPS) is 19.0. The van der Waals surface area contributed by atoms with Gasteiger partial charge >= 0.3 is 0 Å². The van der Waals surface area contributed by atoms with E-state index in [0.717, 1.165) is 27.5 Å². The molecule has 0 spiro atoms. The average molecular weight is 304 g/mol. The van der Waals surface area contributed by atoms with Crippen LogP contribution in [0.1, 0.15) is 25.8 Å². The van der Waals surface area contributed by atoms with Crippen LogP contribution in [0.25, 0.3) is 5.57 Å². The molecule has 5 heteroatoms. The molecule has 1 unspecified atom stereocenters. The van der Waals surface area contributed by atoms with Crippen molar-refractivity contribution in [2.45, 2.75) is 25.2 Å². The first-order chi connectivity index (χ1) is 10.0. The lowest BCUT2D eigenvalue weighted by molar-refractivity contribution is -0.121. The van der Waals surface area contributed by atoms with E-state index >= 15 is 0 Å². The summed E-state index contributed by atoms with van der Waals surface area (Å²) in [6, 6.07) is 6.17. The Bertz CT molecular complexity index is 608. The molecule has 0 aliphatic carbocycles. The first-order valence-corrected chi connectivity index (χ1v) is 8.04. The second-order valence-corrected chi connectivity index (χ2v) is 5.92. The van der Waals surface area contributed by atoms with Crippen molar-refractivity contribution in [3.63, 3.8) is 0 Å². The second-order valence-electron chi connectivity index (χ2n) is 5.07. The molecule has 0 fully saturated rings. The van der Waals surface area contributed by atoms with Crippen molar-refractivity contribution in [2.24, 2.45) is 11.0 Å². The standard InChI is InChI=1S/C16H20N2O2S/c1-10(7-13-11(2)8-16(19)18-17-13)12-5-6-15(21-4)14(9-12)20-3/h5-7,9,11H,8H2,1-4H3,(H,18,19). The van der Waals surface area contributed by atoms with E-state index in [-0.39, 0.29) is 11.8 Å². The van der Waals surface area contributed by atoms with Crippen molar-refractivity contribution in [1.82, 2.24) is 5.43 Å². The van der Waals surface area contributed by atoms with Crippen molar-refractivity contribution < 1.29 is 9.53 Å². The first-order valence-electron chi connectivity index (χ1n) is 6.82. The maximum atomic E-state index is 11.3. The number of ether oxygens (including phenoxy) is 1. The molecule has 0 radical (unpaired) electrons. The number of hydrogen-bond acceptors (Lipinski definition) is 4. The number of benzene rings is 1. The van der Waals surface area contributed by atoms with Crippen molar-refractivity contribution in [2.75, 3.05) is 13.4 Å². The first kappa shape index (κ1) is 15.6. The maximum absolute atomic E-state index is 11.3. The van der Waals surface area contributed by atoms with E-state index in [1.807, 2.05) is 32.2 Å². The highest BCUT2D eigenvalue weighted by Gasteiger charge is 2.18. The number of carbonyl (C=O) groups excluding carboxylic acids is 1.